The highest BCUT2D eigenvalue weighted by molar-refractivity contribution is 5.84. The van der Waals surface area contributed by atoms with E-state index in [2.05, 4.69) is 12.2 Å². The van der Waals surface area contributed by atoms with Crippen molar-refractivity contribution >= 4 is 17.8 Å². The van der Waals surface area contributed by atoms with Gasteiger partial charge in [0.15, 0.2) is 0 Å². The first kappa shape index (κ1) is 16.5. The summed E-state index contributed by atoms with van der Waals surface area (Å²) in [4.78, 5) is 35.6. The number of hydrogen-bond acceptors (Lipinski definition) is 3. The highest BCUT2D eigenvalue weighted by Crippen LogP contribution is 2.38. The number of nitrogens with zero attached hydrogens (tertiary/aromatic N) is 1. The number of carbonyl (C=O) groups excluding carboxylic acids is 2. The third-order valence-corrected chi connectivity index (χ3v) is 4.23. The van der Waals surface area contributed by atoms with Crippen molar-refractivity contribution in [1.82, 2.24) is 10.2 Å². The number of likely N-dealkylation sites (N-methyl/N-ethyl adjacent to an activating group) is 1. The molecule has 0 radical (unpaired) electrons. The van der Waals surface area contributed by atoms with Crippen LogP contribution >= 0.6 is 0 Å². The van der Waals surface area contributed by atoms with E-state index in [0.717, 1.165) is 12.8 Å². The molecule has 0 unspecified atom stereocenters. The van der Waals surface area contributed by atoms with Crippen molar-refractivity contribution in [3.8, 4) is 0 Å². The smallest absolute Gasteiger partial charge is 0.311 e. The molecule has 1 rings (SSSR count). The summed E-state index contributed by atoms with van der Waals surface area (Å²) in [7, 11) is 1.54. The van der Waals surface area contributed by atoms with Crippen molar-refractivity contribution in [3.63, 3.8) is 0 Å². The zero-order valence-corrected chi connectivity index (χ0v) is 12.4. The first-order valence-corrected chi connectivity index (χ1v) is 6.98. The van der Waals surface area contributed by atoms with Crippen LogP contribution in [0.5, 0.6) is 0 Å². The monoisotopic (exact) mass is 284 g/mol. The summed E-state index contributed by atoms with van der Waals surface area (Å²) < 4.78 is 0. The number of nitrogens with one attached hydrogen (secondary N) is 1. The minimum atomic E-state index is -0.850. The van der Waals surface area contributed by atoms with E-state index < -0.39 is 11.4 Å². The molecule has 0 heterocycles. The number of hydrogen-bond donors (Lipinski definition) is 2. The fourth-order valence-corrected chi connectivity index (χ4v) is 2.43. The summed E-state index contributed by atoms with van der Waals surface area (Å²) in [5.74, 6) is -0.812. The van der Waals surface area contributed by atoms with Crippen molar-refractivity contribution in [2.75, 3.05) is 20.1 Å². The predicted molar refractivity (Wildman–Crippen MR) is 74.0 cm³/mol. The lowest BCUT2D eigenvalue weighted by atomic mass is 9.71. The second kappa shape index (κ2) is 6.72. The van der Waals surface area contributed by atoms with Crippen molar-refractivity contribution < 1.29 is 19.5 Å². The molecule has 1 aliphatic carbocycles. The zero-order valence-electron chi connectivity index (χ0n) is 12.4. The molecule has 0 saturated heterocycles. The van der Waals surface area contributed by atoms with Crippen LogP contribution in [0.3, 0.4) is 0 Å². The number of aliphatic carboxylic acids is 1. The quantitative estimate of drug-likeness (QED) is 0.784. The second-order valence-corrected chi connectivity index (χ2v) is 5.92. The summed E-state index contributed by atoms with van der Waals surface area (Å²) in [5, 5.41) is 12.1. The van der Waals surface area contributed by atoms with E-state index in [9.17, 15) is 19.5 Å². The summed E-state index contributed by atoms with van der Waals surface area (Å²) >= 11 is 0. The lowest BCUT2D eigenvalue weighted by Crippen LogP contribution is -2.47. The minimum absolute atomic E-state index is 0.0402. The maximum Gasteiger partial charge on any atom is 0.311 e. The Morgan fingerprint density at radius 3 is 2.30 bits per heavy atom. The number of carboxylic acid groups (broad SMARTS) is 1. The maximum atomic E-state index is 11.7. The highest BCUT2D eigenvalue weighted by atomic mass is 16.4. The van der Waals surface area contributed by atoms with E-state index >= 15 is 0 Å². The molecule has 0 aromatic carbocycles. The van der Waals surface area contributed by atoms with Gasteiger partial charge in [-0.15, -0.1) is 0 Å². The molecule has 0 aromatic rings. The highest BCUT2D eigenvalue weighted by Gasteiger charge is 2.41. The Labute approximate surface area is 119 Å². The normalized spacial score (nSPS) is 25.9. The molecule has 2 amide bonds. The van der Waals surface area contributed by atoms with Crippen LogP contribution in [-0.2, 0) is 14.4 Å². The lowest BCUT2D eigenvalue weighted by molar-refractivity contribution is -0.151. The van der Waals surface area contributed by atoms with Gasteiger partial charge in [-0.05, 0) is 31.6 Å². The van der Waals surface area contributed by atoms with E-state index in [1.165, 1.54) is 18.9 Å². The Hall–Kier alpha value is -1.59. The maximum absolute atomic E-state index is 11.7. The summed E-state index contributed by atoms with van der Waals surface area (Å²) in [6.07, 6.45) is 2.92. The molecule has 2 N–H and O–H groups in total. The van der Waals surface area contributed by atoms with Crippen molar-refractivity contribution in [2.45, 2.75) is 39.5 Å². The van der Waals surface area contributed by atoms with Crippen LogP contribution in [0.15, 0.2) is 0 Å². The van der Waals surface area contributed by atoms with Gasteiger partial charge in [0, 0.05) is 20.5 Å². The Morgan fingerprint density at radius 2 is 1.85 bits per heavy atom. The molecule has 0 spiro atoms. The van der Waals surface area contributed by atoms with E-state index in [1.807, 2.05) is 0 Å². The molecule has 0 bridgehead atoms. The molecule has 0 aliphatic heterocycles. The minimum Gasteiger partial charge on any atom is -0.481 e. The van der Waals surface area contributed by atoms with Crippen LogP contribution in [0, 0.1) is 11.3 Å². The average molecular weight is 284 g/mol. The Kier molecular flexibility index (Phi) is 5.53. The largest absolute Gasteiger partial charge is 0.481 e. The topological polar surface area (TPSA) is 86.7 Å². The fraction of sp³-hybridized carbons (Fsp3) is 0.786. The van der Waals surface area contributed by atoms with Crippen LogP contribution in [-0.4, -0.2) is 47.9 Å². The first-order chi connectivity index (χ1) is 9.27. The molecule has 114 valence electrons. The average Bonchev–Trinajstić information content (AvgIpc) is 2.38. The standard InChI is InChI=1S/C14H24N2O4/c1-10-4-6-14(7-5-10,13(19)20)9-15-12(18)8-16(3)11(2)17/h10H,4-9H2,1-3H3,(H,15,18)(H,19,20). The van der Waals surface area contributed by atoms with Gasteiger partial charge in [-0.3, -0.25) is 14.4 Å². The molecule has 1 aliphatic rings. The van der Waals surface area contributed by atoms with E-state index in [4.69, 9.17) is 0 Å². The number of carboxylic acids is 1. The Morgan fingerprint density at radius 1 is 1.30 bits per heavy atom. The van der Waals surface area contributed by atoms with Gasteiger partial charge < -0.3 is 15.3 Å². The summed E-state index contributed by atoms with van der Waals surface area (Å²) in [6, 6.07) is 0. The Bertz CT molecular complexity index is 387. The fourth-order valence-electron chi connectivity index (χ4n) is 2.43. The van der Waals surface area contributed by atoms with Crippen molar-refractivity contribution in [1.29, 1.82) is 0 Å². The summed E-state index contributed by atoms with van der Waals surface area (Å²) in [6.45, 7) is 3.60. The van der Waals surface area contributed by atoms with Gasteiger partial charge >= 0.3 is 5.97 Å². The molecule has 6 heteroatoms. The Balaban J connectivity index is 2.54. The van der Waals surface area contributed by atoms with Gasteiger partial charge in [-0.1, -0.05) is 6.92 Å². The van der Waals surface area contributed by atoms with Gasteiger partial charge in [0.05, 0.1) is 12.0 Å². The molecule has 1 saturated carbocycles. The third-order valence-electron chi connectivity index (χ3n) is 4.23. The van der Waals surface area contributed by atoms with Crippen LogP contribution in [0.25, 0.3) is 0 Å². The molecular formula is C14H24N2O4. The molecule has 1 fully saturated rings. The lowest BCUT2D eigenvalue weighted by Gasteiger charge is -2.35. The first-order valence-electron chi connectivity index (χ1n) is 6.98. The van der Waals surface area contributed by atoms with Crippen molar-refractivity contribution in [3.05, 3.63) is 0 Å². The number of amides is 2. The van der Waals surface area contributed by atoms with Crippen molar-refractivity contribution in [2.24, 2.45) is 11.3 Å². The molecule has 20 heavy (non-hydrogen) atoms. The van der Waals surface area contributed by atoms with E-state index in [0.29, 0.717) is 18.8 Å². The van der Waals surface area contributed by atoms with Gasteiger partial charge in [0.1, 0.15) is 0 Å². The number of carbonyl (C=O) groups is 3. The van der Waals surface area contributed by atoms with Crippen LogP contribution in [0.1, 0.15) is 39.5 Å². The summed E-state index contributed by atoms with van der Waals surface area (Å²) in [5.41, 5.74) is -0.850. The van der Waals surface area contributed by atoms with Gasteiger partial charge in [0.25, 0.3) is 0 Å². The third kappa shape index (κ3) is 4.21. The molecule has 0 atom stereocenters. The van der Waals surface area contributed by atoms with Gasteiger partial charge in [0.2, 0.25) is 11.8 Å². The van der Waals surface area contributed by atoms with E-state index in [-0.39, 0.29) is 24.9 Å². The number of rotatable bonds is 5. The SMILES string of the molecule is CC(=O)N(C)CC(=O)NCC1(C(=O)O)CCC(C)CC1. The predicted octanol–water partition coefficient (Wildman–Crippen LogP) is 0.862. The van der Waals surface area contributed by atoms with Gasteiger partial charge in [-0.25, -0.2) is 0 Å². The van der Waals surface area contributed by atoms with Gasteiger partial charge in [-0.2, -0.15) is 0 Å². The van der Waals surface area contributed by atoms with E-state index in [1.54, 1.807) is 0 Å². The second-order valence-electron chi connectivity index (χ2n) is 5.92. The van der Waals surface area contributed by atoms with Crippen LogP contribution < -0.4 is 5.32 Å². The van der Waals surface area contributed by atoms with Crippen LogP contribution in [0.2, 0.25) is 0 Å². The molecule has 6 nitrogen and oxygen atoms in total. The van der Waals surface area contributed by atoms with Crippen LogP contribution in [0.4, 0.5) is 0 Å². The molecule has 0 aromatic heterocycles. The zero-order chi connectivity index (χ0) is 15.3. The molecular weight excluding hydrogens is 260 g/mol.